The molecule has 10 nitrogen and oxygen atoms in total. The summed E-state index contributed by atoms with van der Waals surface area (Å²) >= 11 is 0. The van der Waals surface area contributed by atoms with Gasteiger partial charge in [-0.3, -0.25) is 9.59 Å². The second-order valence-electron chi connectivity index (χ2n) is 9.05. The highest BCUT2D eigenvalue weighted by atomic mass is 16.7. The number of methoxy groups -OCH3 is 1. The number of nitrogens with zero attached hydrogens (tertiary/aromatic N) is 1. The van der Waals surface area contributed by atoms with Crippen molar-refractivity contribution in [1.29, 1.82) is 0 Å². The quantitative estimate of drug-likeness (QED) is 0.386. The number of esters is 2. The molecule has 1 N–H and O–H groups in total. The molecule has 1 aliphatic rings. The Kier molecular flexibility index (Phi) is 11.2. The van der Waals surface area contributed by atoms with E-state index in [9.17, 15) is 14.4 Å². The van der Waals surface area contributed by atoms with Gasteiger partial charge < -0.3 is 29.0 Å². The van der Waals surface area contributed by atoms with Gasteiger partial charge in [-0.15, -0.1) is 0 Å². The number of pyridine rings is 1. The summed E-state index contributed by atoms with van der Waals surface area (Å²) in [5.41, 5.74) is -0.0956. The predicted molar refractivity (Wildman–Crippen MR) is 127 cm³/mol. The van der Waals surface area contributed by atoms with Crippen molar-refractivity contribution >= 4 is 17.8 Å². The van der Waals surface area contributed by atoms with Crippen molar-refractivity contribution in [3.05, 3.63) is 18.0 Å². The van der Waals surface area contributed by atoms with Gasteiger partial charge in [-0.1, -0.05) is 33.6 Å². The number of amides is 1. The maximum atomic E-state index is 13.1. The average Bonchev–Trinajstić information content (AvgIpc) is 2.86. The molecular weight excluding hydrogens is 456 g/mol. The second-order valence-corrected chi connectivity index (χ2v) is 9.05. The average molecular weight is 495 g/mol. The molecule has 0 aromatic carbocycles. The Balaban J connectivity index is 2.18. The molecule has 0 spiro atoms. The third-order valence-corrected chi connectivity index (χ3v) is 5.80. The summed E-state index contributed by atoms with van der Waals surface area (Å²) in [7, 11) is 1.41. The lowest BCUT2D eigenvalue weighted by Gasteiger charge is -2.31. The first-order valence-corrected chi connectivity index (χ1v) is 12.1. The predicted octanol–water partition coefficient (Wildman–Crippen LogP) is 3.27. The van der Waals surface area contributed by atoms with Crippen molar-refractivity contribution in [2.75, 3.05) is 20.5 Å². The summed E-state index contributed by atoms with van der Waals surface area (Å²) in [6.45, 7) is 9.50. The molecule has 4 atom stereocenters. The summed E-state index contributed by atoms with van der Waals surface area (Å²) in [6.07, 6.45) is 3.60. The summed E-state index contributed by atoms with van der Waals surface area (Å²) in [5, 5.41) is 2.73. The Morgan fingerprint density at radius 2 is 2.03 bits per heavy atom. The van der Waals surface area contributed by atoms with Gasteiger partial charge in [0.2, 0.25) is 6.79 Å². The van der Waals surface area contributed by atoms with Crippen LogP contribution in [0.3, 0.4) is 0 Å². The van der Waals surface area contributed by atoms with Crippen LogP contribution in [0.4, 0.5) is 0 Å². The number of ether oxygens (including phenoxy) is 5. The minimum absolute atomic E-state index is 0.00625. The van der Waals surface area contributed by atoms with Crippen molar-refractivity contribution < 1.29 is 38.1 Å². The molecule has 196 valence electrons. The standard InChI is InChI=1S/C25H38N2O8/c1-7-18-9-8-10-19(25(30)35-16(4)22(18)32-13-15(2)3)27-24(29)21-23(34-14-33-17(5)28)20(31-6)11-12-26-21/h11-12,15-16,18-19,22H,7-10,13-14H2,1-6H3,(H,27,29)/t16-,18-,19-,22-/m0/s1. The fourth-order valence-electron chi connectivity index (χ4n) is 4.02. The van der Waals surface area contributed by atoms with E-state index in [-0.39, 0.29) is 29.2 Å². The van der Waals surface area contributed by atoms with Gasteiger partial charge in [0, 0.05) is 25.8 Å². The third kappa shape index (κ3) is 8.38. The number of aromatic nitrogens is 1. The van der Waals surface area contributed by atoms with E-state index in [1.54, 1.807) is 0 Å². The molecule has 1 aliphatic heterocycles. The van der Waals surface area contributed by atoms with Crippen LogP contribution in [0, 0.1) is 11.8 Å². The minimum atomic E-state index is -0.861. The van der Waals surface area contributed by atoms with Crippen LogP contribution in [0.2, 0.25) is 0 Å². The van der Waals surface area contributed by atoms with Crippen LogP contribution < -0.4 is 14.8 Å². The van der Waals surface area contributed by atoms with E-state index in [4.69, 9.17) is 23.7 Å². The molecule has 0 unspecified atom stereocenters. The lowest BCUT2D eigenvalue weighted by atomic mass is 9.90. The van der Waals surface area contributed by atoms with Crippen LogP contribution >= 0.6 is 0 Å². The van der Waals surface area contributed by atoms with Crippen molar-refractivity contribution in [2.24, 2.45) is 11.8 Å². The summed E-state index contributed by atoms with van der Waals surface area (Å²) < 4.78 is 27.4. The Labute approximate surface area is 207 Å². The van der Waals surface area contributed by atoms with Gasteiger partial charge in [0.25, 0.3) is 5.91 Å². The molecule has 0 aliphatic carbocycles. The summed E-state index contributed by atoms with van der Waals surface area (Å²) in [4.78, 5) is 41.3. The monoisotopic (exact) mass is 494 g/mol. The van der Waals surface area contributed by atoms with Crippen molar-refractivity contribution in [1.82, 2.24) is 10.3 Å². The first-order valence-electron chi connectivity index (χ1n) is 12.1. The Hall–Kier alpha value is -2.88. The Morgan fingerprint density at radius 3 is 2.66 bits per heavy atom. The topological polar surface area (TPSA) is 122 Å². The third-order valence-electron chi connectivity index (χ3n) is 5.80. The highest BCUT2D eigenvalue weighted by Crippen LogP contribution is 2.30. The maximum absolute atomic E-state index is 13.1. The molecule has 1 saturated heterocycles. The zero-order chi connectivity index (χ0) is 26.0. The van der Waals surface area contributed by atoms with E-state index in [1.165, 1.54) is 26.3 Å². The van der Waals surface area contributed by atoms with Crippen LogP contribution in [0.1, 0.15) is 70.8 Å². The van der Waals surface area contributed by atoms with Crippen LogP contribution in [0.15, 0.2) is 12.3 Å². The molecule has 0 saturated carbocycles. The zero-order valence-corrected chi connectivity index (χ0v) is 21.5. The zero-order valence-electron chi connectivity index (χ0n) is 21.5. The molecule has 0 radical (unpaired) electrons. The first kappa shape index (κ1) is 28.4. The van der Waals surface area contributed by atoms with E-state index >= 15 is 0 Å². The molecule has 2 rings (SSSR count). The fourth-order valence-corrected chi connectivity index (χ4v) is 4.02. The Bertz CT molecular complexity index is 860. The first-order chi connectivity index (χ1) is 16.7. The highest BCUT2D eigenvalue weighted by molar-refractivity contribution is 5.98. The van der Waals surface area contributed by atoms with E-state index in [2.05, 4.69) is 31.1 Å². The van der Waals surface area contributed by atoms with Gasteiger partial charge >= 0.3 is 11.9 Å². The van der Waals surface area contributed by atoms with E-state index in [1.807, 2.05) is 6.92 Å². The van der Waals surface area contributed by atoms with Gasteiger partial charge in [-0.25, -0.2) is 9.78 Å². The second kappa shape index (κ2) is 13.9. The molecule has 10 heteroatoms. The van der Waals surface area contributed by atoms with Crippen molar-refractivity contribution in [3.63, 3.8) is 0 Å². The lowest BCUT2D eigenvalue weighted by Crippen LogP contribution is -2.44. The van der Waals surface area contributed by atoms with Crippen LogP contribution in [-0.2, 0) is 23.8 Å². The van der Waals surface area contributed by atoms with Crippen LogP contribution in [0.25, 0.3) is 0 Å². The van der Waals surface area contributed by atoms with E-state index < -0.39 is 36.8 Å². The van der Waals surface area contributed by atoms with Crippen LogP contribution in [-0.4, -0.2) is 61.6 Å². The van der Waals surface area contributed by atoms with Gasteiger partial charge in [0.15, 0.2) is 17.2 Å². The smallest absolute Gasteiger partial charge is 0.329 e. The van der Waals surface area contributed by atoms with Gasteiger partial charge in [0.05, 0.1) is 13.2 Å². The number of cyclic esters (lactones) is 1. The van der Waals surface area contributed by atoms with Crippen LogP contribution in [0.5, 0.6) is 11.5 Å². The largest absolute Gasteiger partial charge is 0.493 e. The number of rotatable bonds is 10. The van der Waals surface area contributed by atoms with E-state index in [0.717, 1.165) is 12.8 Å². The highest BCUT2D eigenvalue weighted by Gasteiger charge is 2.35. The number of hydrogen-bond acceptors (Lipinski definition) is 9. The number of hydrogen-bond donors (Lipinski definition) is 1. The normalized spacial score (nSPS) is 22.9. The summed E-state index contributed by atoms with van der Waals surface area (Å²) in [5.74, 6) is -0.843. The SMILES string of the molecule is CC[C@H]1CCC[C@H](NC(=O)c2nccc(OC)c2OCOC(C)=O)C(=O)O[C@@H](C)[C@@H]1OCC(C)C. The number of nitrogens with one attached hydrogen (secondary N) is 1. The molecular formula is C25H38N2O8. The molecule has 0 bridgehead atoms. The van der Waals surface area contributed by atoms with Crippen molar-refractivity contribution in [2.45, 2.75) is 78.6 Å². The molecule has 1 fully saturated rings. The summed E-state index contributed by atoms with van der Waals surface area (Å²) in [6, 6.07) is 0.651. The molecule has 2 heterocycles. The molecule has 1 aromatic heterocycles. The van der Waals surface area contributed by atoms with E-state index in [0.29, 0.717) is 25.4 Å². The lowest BCUT2D eigenvalue weighted by molar-refractivity contribution is -0.161. The van der Waals surface area contributed by atoms with Gasteiger partial charge in [-0.2, -0.15) is 0 Å². The maximum Gasteiger partial charge on any atom is 0.329 e. The molecule has 35 heavy (non-hydrogen) atoms. The molecule has 1 amide bonds. The number of carbonyl (C=O) groups excluding carboxylic acids is 3. The van der Waals surface area contributed by atoms with Crippen molar-refractivity contribution in [3.8, 4) is 11.5 Å². The fraction of sp³-hybridized carbons (Fsp3) is 0.680. The van der Waals surface area contributed by atoms with Gasteiger partial charge in [-0.05, 0) is 31.6 Å². The minimum Gasteiger partial charge on any atom is -0.493 e. The van der Waals surface area contributed by atoms with Gasteiger partial charge in [0.1, 0.15) is 12.1 Å². The number of carbonyl (C=O) groups is 3. The molecule has 1 aromatic rings. The Morgan fingerprint density at radius 1 is 1.29 bits per heavy atom.